The minimum Gasteiger partial charge on any atom is -0.395 e. The average molecular weight is 192 g/mol. The molecule has 1 aliphatic carbocycles. The van der Waals surface area contributed by atoms with Crippen molar-refractivity contribution in [2.75, 3.05) is 6.61 Å². The summed E-state index contributed by atoms with van der Waals surface area (Å²) in [5.74, 6) is 0.780. The molecule has 2 N–H and O–H groups in total. The molecule has 72 valence electrons. The zero-order chi connectivity index (χ0) is 8.81. The summed E-state index contributed by atoms with van der Waals surface area (Å²) < 4.78 is 0. The van der Waals surface area contributed by atoms with Gasteiger partial charge < -0.3 is 5.11 Å². The van der Waals surface area contributed by atoms with Gasteiger partial charge >= 0.3 is 0 Å². The third-order valence-corrected chi connectivity index (χ3v) is 3.03. The summed E-state index contributed by atoms with van der Waals surface area (Å²) in [4.78, 5) is 2.62. The molecule has 0 unspecified atom stereocenters. The fourth-order valence-electron chi connectivity index (χ4n) is 1.98. The van der Waals surface area contributed by atoms with Crippen LogP contribution >= 0.6 is 11.8 Å². The van der Waals surface area contributed by atoms with E-state index in [-0.39, 0.29) is 12.6 Å². The summed E-state index contributed by atoms with van der Waals surface area (Å²) in [5.41, 5.74) is 0. The Morgan fingerprint density at radius 3 is 2.50 bits per heavy atom. The Morgan fingerprint density at radius 2 is 2.00 bits per heavy atom. The molecular formula is C9H18ClNO. The number of hydrogen-bond acceptors (Lipinski definition) is 2. The van der Waals surface area contributed by atoms with Crippen molar-refractivity contribution in [2.45, 2.75) is 44.6 Å². The van der Waals surface area contributed by atoms with Gasteiger partial charge in [0.25, 0.3) is 0 Å². The van der Waals surface area contributed by atoms with Gasteiger partial charge in [0, 0.05) is 6.04 Å². The Hall–Kier alpha value is 0.210. The first-order valence-corrected chi connectivity index (χ1v) is 5.21. The lowest BCUT2D eigenvalue weighted by molar-refractivity contribution is 0.219. The molecule has 1 fully saturated rings. The van der Waals surface area contributed by atoms with Crippen LogP contribution in [0, 0.1) is 5.92 Å². The molecule has 0 radical (unpaired) electrons. The predicted molar refractivity (Wildman–Crippen MR) is 51.1 cm³/mol. The third-order valence-electron chi connectivity index (χ3n) is 2.72. The van der Waals surface area contributed by atoms with Crippen LogP contribution in [0.3, 0.4) is 0 Å². The van der Waals surface area contributed by atoms with Crippen molar-refractivity contribution in [3.05, 3.63) is 0 Å². The number of rotatable bonds is 4. The highest BCUT2D eigenvalue weighted by Crippen LogP contribution is 2.27. The molecule has 0 aromatic heterocycles. The standard InChI is InChI=1S/C9H18ClNO/c10-11-9(7-12)6-8-4-2-1-3-5-8/h8-9,11-12H,1-7H2/t9-/m0/s1. The summed E-state index contributed by atoms with van der Waals surface area (Å²) in [5, 5.41) is 8.91. The molecule has 0 aromatic rings. The van der Waals surface area contributed by atoms with Crippen LogP contribution < -0.4 is 4.84 Å². The maximum Gasteiger partial charge on any atom is 0.0597 e. The molecule has 1 rings (SSSR count). The van der Waals surface area contributed by atoms with Crippen molar-refractivity contribution in [1.29, 1.82) is 0 Å². The summed E-state index contributed by atoms with van der Waals surface area (Å²) in [6.45, 7) is 0.153. The minimum absolute atomic E-state index is 0.0924. The SMILES string of the molecule is OC[C@H](CC1CCCCC1)NCl. The van der Waals surface area contributed by atoms with Gasteiger partial charge in [0.2, 0.25) is 0 Å². The predicted octanol–water partition coefficient (Wildman–Crippen LogP) is 2.06. The highest BCUT2D eigenvalue weighted by Gasteiger charge is 2.17. The minimum atomic E-state index is 0.0924. The van der Waals surface area contributed by atoms with Crippen LogP contribution in [-0.2, 0) is 0 Å². The van der Waals surface area contributed by atoms with Gasteiger partial charge in [-0.15, -0.1) is 0 Å². The van der Waals surface area contributed by atoms with E-state index in [4.69, 9.17) is 16.9 Å². The average Bonchev–Trinajstić information content (AvgIpc) is 2.16. The van der Waals surface area contributed by atoms with Crippen LogP contribution in [-0.4, -0.2) is 17.8 Å². The van der Waals surface area contributed by atoms with E-state index in [1.807, 2.05) is 0 Å². The van der Waals surface area contributed by atoms with Crippen molar-refractivity contribution in [3.8, 4) is 0 Å². The Bertz CT molecular complexity index is 111. The Morgan fingerprint density at radius 1 is 1.33 bits per heavy atom. The first-order chi connectivity index (χ1) is 5.86. The van der Waals surface area contributed by atoms with Crippen LogP contribution in [0.2, 0.25) is 0 Å². The van der Waals surface area contributed by atoms with Gasteiger partial charge in [-0.2, -0.15) is 0 Å². The lowest BCUT2D eigenvalue weighted by atomic mass is 9.85. The first-order valence-electron chi connectivity index (χ1n) is 4.84. The first kappa shape index (κ1) is 10.3. The zero-order valence-corrected chi connectivity index (χ0v) is 8.19. The fraction of sp³-hybridized carbons (Fsp3) is 1.00. The van der Waals surface area contributed by atoms with Gasteiger partial charge in [-0.1, -0.05) is 32.1 Å². The summed E-state index contributed by atoms with van der Waals surface area (Å²) in [7, 11) is 0. The molecular weight excluding hydrogens is 174 g/mol. The van der Waals surface area contributed by atoms with E-state index in [1.165, 1.54) is 32.1 Å². The summed E-state index contributed by atoms with van der Waals surface area (Å²) >= 11 is 5.48. The van der Waals surface area contributed by atoms with E-state index in [0.717, 1.165) is 12.3 Å². The molecule has 3 heteroatoms. The van der Waals surface area contributed by atoms with Crippen molar-refractivity contribution in [1.82, 2.24) is 4.84 Å². The number of hydrogen-bond donors (Lipinski definition) is 2. The molecule has 12 heavy (non-hydrogen) atoms. The molecule has 0 aliphatic heterocycles. The van der Waals surface area contributed by atoms with E-state index in [1.54, 1.807) is 0 Å². The Labute approximate surface area is 79.4 Å². The second-order valence-electron chi connectivity index (χ2n) is 3.73. The molecule has 0 bridgehead atoms. The number of nitrogens with one attached hydrogen (secondary N) is 1. The van der Waals surface area contributed by atoms with Gasteiger partial charge in [0.1, 0.15) is 0 Å². The second kappa shape index (κ2) is 5.79. The van der Waals surface area contributed by atoms with Gasteiger partial charge in [-0.05, 0) is 24.1 Å². The zero-order valence-electron chi connectivity index (χ0n) is 7.43. The van der Waals surface area contributed by atoms with Crippen molar-refractivity contribution < 1.29 is 5.11 Å². The van der Waals surface area contributed by atoms with Crippen LogP contribution in [0.15, 0.2) is 0 Å². The molecule has 2 nitrogen and oxygen atoms in total. The van der Waals surface area contributed by atoms with Gasteiger partial charge in [-0.25, -0.2) is 4.84 Å². The van der Waals surface area contributed by atoms with E-state index in [0.29, 0.717) is 0 Å². The molecule has 1 atom stereocenters. The molecule has 0 saturated heterocycles. The second-order valence-corrected chi connectivity index (χ2v) is 3.95. The van der Waals surface area contributed by atoms with Gasteiger partial charge in [0.05, 0.1) is 6.61 Å². The smallest absolute Gasteiger partial charge is 0.0597 e. The van der Waals surface area contributed by atoms with Crippen LogP contribution in [0.1, 0.15) is 38.5 Å². The molecule has 0 aromatic carbocycles. The largest absolute Gasteiger partial charge is 0.395 e. The van der Waals surface area contributed by atoms with Crippen LogP contribution in [0.25, 0.3) is 0 Å². The number of halogens is 1. The van der Waals surface area contributed by atoms with E-state index >= 15 is 0 Å². The van der Waals surface area contributed by atoms with Gasteiger partial charge in [-0.3, -0.25) is 0 Å². The maximum absolute atomic E-state index is 8.91. The molecule has 1 saturated carbocycles. The molecule has 0 heterocycles. The fourth-order valence-corrected chi connectivity index (χ4v) is 2.14. The highest BCUT2D eigenvalue weighted by molar-refractivity contribution is 6.13. The maximum atomic E-state index is 8.91. The Balaban J connectivity index is 2.18. The van der Waals surface area contributed by atoms with Gasteiger partial charge in [0.15, 0.2) is 0 Å². The summed E-state index contributed by atoms with van der Waals surface area (Å²) in [6, 6.07) is 0.0924. The van der Waals surface area contributed by atoms with E-state index < -0.39 is 0 Å². The number of aliphatic hydroxyl groups is 1. The highest BCUT2D eigenvalue weighted by atomic mass is 35.5. The normalized spacial score (nSPS) is 22.5. The quantitative estimate of drug-likeness (QED) is 0.667. The van der Waals surface area contributed by atoms with Crippen molar-refractivity contribution in [3.63, 3.8) is 0 Å². The van der Waals surface area contributed by atoms with Crippen molar-refractivity contribution >= 4 is 11.8 Å². The van der Waals surface area contributed by atoms with Crippen molar-refractivity contribution in [2.24, 2.45) is 5.92 Å². The summed E-state index contributed by atoms with van der Waals surface area (Å²) in [6.07, 6.45) is 7.74. The van der Waals surface area contributed by atoms with Crippen LogP contribution in [0.5, 0.6) is 0 Å². The third kappa shape index (κ3) is 3.30. The van der Waals surface area contributed by atoms with Crippen LogP contribution in [0.4, 0.5) is 0 Å². The lowest BCUT2D eigenvalue weighted by Crippen LogP contribution is -2.28. The van der Waals surface area contributed by atoms with E-state index in [2.05, 4.69) is 4.84 Å². The lowest BCUT2D eigenvalue weighted by Gasteiger charge is -2.24. The molecule has 1 aliphatic rings. The molecule has 0 spiro atoms. The Kier molecular flexibility index (Phi) is 4.96. The topological polar surface area (TPSA) is 32.3 Å². The van der Waals surface area contributed by atoms with E-state index in [9.17, 15) is 0 Å². The monoisotopic (exact) mass is 191 g/mol. The number of aliphatic hydroxyl groups excluding tert-OH is 1. The molecule has 0 amide bonds.